The molecule has 3 aromatic rings. The predicted molar refractivity (Wildman–Crippen MR) is 129 cm³/mol. The van der Waals surface area contributed by atoms with E-state index in [2.05, 4.69) is 11.4 Å². The Bertz CT molecular complexity index is 1250. The molecule has 1 amide bonds. The first-order chi connectivity index (χ1) is 15.9. The molecule has 4 rings (SSSR count). The number of amides is 1. The van der Waals surface area contributed by atoms with Gasteiger partial charge in [0.25, 0.3) is 10.0 Å². The summed E-state index contributed by atoms with van der Waals surface area (Å²) >= 11 is 6.27. The Morgan fingerprint density at radius 1 is 1.09 bits per heavy atom. The number of carbonyl (C=O) groups excluding carboxylic acids is 1. The minimum atomic E-state index is -4.01. The van der Waals surface area contributed by atoms with E-state index < -0.39 is 10.0 Å². The number of aryl methyl sites for hydroxylation is 1. The van der Waals surface area contributed by atoms with Crippen LogP contribution in [-0.4, -0.2) is 28.0 Å². The van der Waals surface area contributed by atoms with Crippen LogP contribution in [0.5, 0.6) is 5.75 Å². The number of hydrogen-bond donors (Lipinski definition) is 1. The number of methoxy groups -OCH3 is 1. The van der Waals surface area contributed by atoms with Crippen molar-refractivity contribution in [3.05, 3.63) is 88.9 Å². The SMILES string of the molecule is COc1ccc(N(CC(=O)N[C@@H]2CCCc3ccccc32)S(=O)(=O)c2ccccc2)cc1Cl. The second-order valence-electron chi connectivity index (χ2n) is 7.85. The standard InChI is InChI=1S/C25H25ClN2O4S/c1-32-24-15-14-19(16-22(24)26)28(33(30,31)20-10-3-2-4-11-20)17-25(29)27-23-13-7-9-18-8-5-6-12-21(18)23/h2-6,8,10-12,14-16,23H,7,9,13,17H2,1H3,(H,27,29)/t23-/m1/s1. The normalized spacial score (nSPS) is 15.4. The average Bonchev–Trinajstić information content (AvgIpc) is 2.83. The van der Waals surface area contributed by atoms with Crippen LogP contribution in [-0.2, 0) is 21.2 Å². The van der Waals surface area contributed by atoms with Gasteiger partial charge in [0.15, 0.2) is 0 Å². The summed E-state index contributed by atoms with van der Waals surface area (Å²) < 4.78 is 33.3. The minimum Gasteiger partial charge on any atom is -0.495 e. The summed E-state index contributed by atoms with van der Waals surface area (Å²) in [7, 11) is -2.53. The number of fused-ring (bicyclic) bond motifs is 1. The lowest BCUT2D eigenvalue weighted by atomic mass is 9.88. The first kappa shape index (κ1) is 23.1. The molecule has 0 aromatic heterocycles. The van der Waals surface area contributed by atoms with Crippen molar-refractivity contribution in [2.24, 2.45) is 0 Å². The van der Waals surface area contributed by atoms with Crippen molar-refractivity contribution in [3.63, 3.8) is 0 Å². The molecule has 1 aliphatic rings. The molecule has 0 heterocycles. The van der Waals surface area contributed by atoms with E-state index in [0.717, 1.165) is 29.1 Å². The molecule has 33 heavy (non-hydrogen) atoms. The topological polar surface area (TPSA) is 75.7 Å². The molecule has 6 nitrogen and oxygen atoms in total. The van der Waals surface area contributed by atoms with Crippen LogP contribution in [0.4, 0.5) is 5.69 Å². The summed E-state index contributed by atoms with van der Waals surface area (Å²) in [6.45, 7) is -0.376. The molecule has 0 bridgehead atoms. The fourth-order valence-corrected chi connectivity index (χ4v) is 5.81. The molecular formula is C25H25ClN2O4S. The van der Waals surface area contributed by atoms with Crippen molar-refractivity contribution in [2.45, 2.75) is 30.2 Å². The summed E-state index contributed by atoms with van der Waals surface area (Å²) in [6, 6.07) is 20.6. The molecular weight excluding hydrogens is 460 g/mol. The lowest BCUT2D eigenvalue weighted by Gasteiger charge is -2.29. The van der Waals surface area contributed by atoms with Crippen LogP contribution in [0.2, 0.25) is 5.02 Å². The Morgan fingerprint density at radius 3 is 2.55 bits per heavy atom. The van der Waals surface area contributed by atoms with Gasteiger partial charge in [0.2, 0.25) is 5.91 Å². The number of rotatable bonds is 7. The van der Waals surface area contributed by atoms with Gasteiger partial charge in [-0.3, -0.25) is 9.10 Å². The molecule has 0 saturated heterocycles. The third kappa shape index (κ3) is 4.99. The number of hydrogen-bond acceptors (Lipinski definition) is 4. The molecule has 0 radical (unpaired) electrons. The van der Waals surface area contributed by atoms with Crippen molar-refractivity contribution in [1.29, 1.82) is 0 Å². The zero-order valence-corrected chi connectivity index (χ0v) is 19.8. The molecule has 8 heteroatoms. The van der Waals surface area contributed by atoms with Gasteiger partial charge in [0.05, 0.1) is 28.8 Å². The highest BCUT2D eigenvalue weighted by Crippen LogP contribution is 2.33. The monoisotopic (exact) mass is 484 g/mol. The summed E-state index contributed by atoms with van der Waals surface area (Å²) in [5, 5.41) is 3.29. The van der Waals surface area contributed by atoms with E-state index in [0.29, 0.717) is 5.75 Å². The fourth-order valence-electron chi connectivity index (χ4n) is 4.12. The molecule has 1 aliphatic carbocycles. The van der Waals surface area contributed by atoms with Gasteiger partial charge in [-0.15, -0.1) is 0 Å². The van der Waals surface area contributed by atoms with Gasteiger partial charge in [0.1, 0.15) is 12.3 Å². The fraction of sp³-hybridized carbons (Fsp3) is 0.240. The minimum absolute atomic E-state index is 0.0905. The molecule has 0 saturated carbocycles. The molecule has 0 aliphatic heterocycles. The van der Waals surface area contributed by atoms with E-state index in [-0.39, 0.29) is 34.1 Å². The lowest BCUT2D eigenvalue weighted by Crippen LogP contribution is -2.42. The highest BCUT2D eigenvalue weighted by atomic mass is 35.5. The number of carbonyl (C=O) groups is 1. The van der Waals surface area contributed by atoms with Crippen molar-refractivity contribution in [3.8, 4) is 5.75 Å². The maximum atomic E-state index is 13.5. The summed E-state index contributed by atoms with van der Waals surface area (Å²) in [5.41, 5.74) is 2.58. The van der Waals surface area contributed by atoms with Crippen LogP contribution in [0.1, 0.15) is 30.0 Å². The van der Waals surface area contributed by atoms with Crippen LogP contribution in [0, 0.1) is 0 Å². The van der Waals surface area contributed by atoms with E-state index in [1.165, 1.54) is 30.9 Å². The average molecular weight is 485 g/mol. The lowest BCUT2D eigenvalue weighted by molar-refractivity contribution is -0.120. The third-order valence-corrected chi connectivity index (χ3v) is 7.83. The third-order valence-electron chi connectivity index (χ3n) is 5.75. The van der Waals surface area contributed by atoms with E-state index >= 15 is 0 Å². The predicted octanol–water partition coefficient (Wildman–Crippen LogP) is 4.74. The zero-order chi connectivity index (χ0) is 23.4. The number of halogens is 1. The molecule has 0 fully saturated rings. The molecule has 172 valence electrons. The van der Waals surface area contributed by atoms with Gasteiger partial charge in [-0.25, -0.2) is 8.42 Å². The maximum Gasteiger partial charge on any atom is 0.264 e. The Morgan fingerprint density at radius 2 is 1.82 bits per heavy atom. The largest absolute Gasteiger partial charge is 0.495 e. The van der Waals surface area contributed by atoms with Gasteiger partial charge in [-0.05, 0) is 60.7 Å². The summed E-state index contributed by atoms with van der Waals surface area (Å²) in [5.74, 6) is 0.0314. The van der Waals surface area contributed by atoms with E-state index in [4.69, 9.17) is 16.3 Å². The van der Waals surface area contributed by atoms with Crippen LogP contribution in [0.15, 0.2) is 77.7 Å². The van der Waals surface area contributed by atoms with E-state index in [1.54, 1.807) is 30.3 Å². The summed E-state index contributed by atoms with van der Waals surface area (Å²) in [4.78, 5) is 13.2. The maximum absolute atomic E-state index is 13.5. The Balaban J connectivity index is 1.64. The number of ether oxygens (including phenoxy) is 1. The number of nitrogens with zero attached hydrogens (tertiary/aromatic N) is 1. The van der Waals surface area contributed by atoms with Crippen molar-refractivity contribution in [1.82, 2.24) is 5.32 Å². The van der Waals surface area contributed by atoms with Gasteiger partial charge in [0, 0.05) is 0 Å². The Kier molecular flexibility index (Phi) is 6.91. The highest BCUT2D eigenvalue weighted by molar-refractivity contribution is 7.92. The van der Waals surface area contributed by atoms with Gasteiger partial charge in [-0.2, -0.15) is 0 Å². The van der Waals surface area contributed by atoms with Crippen LogP contribution < -0.4 is 14.4 Å². The second kappa shape index (κ2) is 9.85. The van der Waals surface area contributed by atoms with Gasteiger partial charge < -0.3 is 10.1 Å². The smallest absolute Gasteiger partial charge is 0.264 e. The number of anilines is 1. The molecule has 1 atom stereocenters. The molecule has 0 unspecified atom stereocenters. The van der Waals surface area contributed by atoms with Crippen LogP contribution >= 0.6 is 11.6 Å². The molecule has 3 aromatic carbocycles. The molecule has 1 N–H and O–H groups in total. The zero-order valence-electron chi connectivity index (χ0n) is 18.2. The first-order valence-corrected chi connectivity index (χ1v) is 12.5. The second-order valence-corrected chi connectivity index (χ2v) is 10.1. The molecule has 0 spiro atoms. The van der Waals surface area contributed by atoms with Crippen molar-refractivity contribution < 1.29 is 17.9 Å². The highest BCUT2D eigenvalue weighted by Gasteiger charge is 2.29. The van der Waals surface area contributed by atoms with E-state index in [1.807, 2.05) is 18.2 Å². The number of nitrogens with one attached hydrogen (secondary N) is 1. The number of benzene rings is 3. The van der Waals surface area contributed by atoms with Crippen LogP contribution in [0.25, 0.3) is 0 Å². The van der Waals surface area contributed by atoms with Crippen LogP contribution in [0.3, 0.4) is 0 Å². The Hall–Kier alpha value is -3.03. The van der Waals surface area contributed by atoms with E-state index in [9.17, 15) is 13.2 Å². The quantitative estimate of drug-likeness (QED) is 0.525. The van der Waals surface area contributed by atoms with Crippen molar-refractivity contribution in [2.75, 3.05) is 18.0 Å². The van der Waals surface area contributed by atoms with Gasteiger partial charge in [-0.1, -0.05) is 54.1 Å². The van der Waals surface area contributed by atoms with Crippen molar-refractivity contribution >= 4 is 33.2 Å². The number of sulfonamides is 1. The summed E-state index contributed by atoms with van der Waals surface area (Å²) in [6.07, 6.45) is 2.74. The first-order valence-electron chi connectivity index (χ1n) is 10.7. The van der Waals surface area contributed by atoms with Gasteiger partial charge >= 0.3 is 0 Å². The Labute approximate surface area is 199 Å².